The van der Waals surface area contributed by atoms with Crippen LogP contribution in [-0.2, 0) is 0 Å². The molecule has 2 rings (SSSR count). The number of halogens is 3. The zero-order valence-electron chi connectivity index (χ0n) is 12.3. The number of carboxylic acid groups (broad SMARTS) is 1. The van der Waals surface area contributed by atoms with Gasteiger partial charge in [-0.1, -0.05) is 35.3 Å². The molecule has 0 saturated heterocycles. The lowest BCUT2D eigenvalue weighted by Gasteiger charge is -2.24. The number of carbonyl (C=O) groups is 2. The van der Waals surface area contributed by atoms with Gasteiger partial charge in [0.2, 0.25) is 0 Å². The van der Waals surface area contributed by atoms with Gasteiger partial charge in [0, 0.05) is 22.6 Å². The van der Waals surface area contributed by atoms with Gasteiger partial charge < -0.3 is 15.3 Å². The van der Waals surface area contributed by atoms with Crippen LogP contribution in [0.3, 0.4) is 0 Å². The van der Waals surface area contributed by atoms with Crippen molar-refractivity contribution in [3.8, 4) is 0 Å². The van der Waals surface area contributed by atoms with E-state index in [0.717, 1.165) is 0 Å². The molecule has 0 saturated carbocycles. The lowest BCUT2D eigenvalue weighted by Crippen LogP contribution is -2.38. The van der Waals surface area contributed by atoms with Gasteiger partial charge in [-0.3, -0.25) is 4.79 Å². The Balaban J connectivity index is 2.37. The molecule has 2 aromatic rings. The lowest BCUT2D eigenvalue weighted by molar-refractivity contribution is 0.0985. The SMILES string of the molecule is O=C(O)NCCN(C(=O)c1cc(Cl)ccc1Br)c1ccccc1Cl. The molecule has 8 heteroatoms. The van der Waals surface area contributed by atoms with Gasteiger partial charge in [-0.15, -0.1) is 0 Å². The summed E-state index contributed by atoms with van der Waals surface area (Å²) in [7, 11) is 0. The van der Waals surface area contributed by atoms with Gasteiger partial charge in [0.05, 0.1) is 16.3 Å². The van der Waals surface area contributed by atoms with Crippen molar-refractivity contribution in [3.05, 3.63) is 62.5 Å². The van der Waals surface area contributed by atoms with Crippen molar-refractivity contribution < 1.29 is 14.7 Å². The molecule has 2 aromatic carbocycles. The minimum absolute atomic E-state index is 0.0600. The number of para-hydroxylation sites is 1. The van der Waals surface area contributed by atoms with Crippen molar-refractivity contribution in [1.29, 1.82) is 0 Å². The molecule has 5 nitrogen and oxygen atoms in total. The van der Waals surface area contributed by atoms with Crippen molar-refractivity contribution >= 4 is 56.8 Å². The summed E-state index contributed by atoms with van der Waals surface area (Å²) in [5.41, 5.74) is 0.848. The fourth-order valence-corrected chi connectivity index (χ4v) is 2.91. The molecule has 0 fully saturated rings. The molecule has 24 heavy (non-hydrogen) atoms. The first-order valence-electron chi connectivity index (χ1n) is 6.88. The highest BCUT2D eigenvalue weighted by molar-refractivity contribution is 9.10. The van der Waals surface area contributed by atoms with E-state index >= 15 is 0 Å². The third-order valence-corrected chi connectivity index (χ3v) is 4.41. The van der Waals surface area contributed by atoms with E-state index in [1.54, 1.807) is 42.5 Å². The van der Waals surface area contributed by atoms with Crippen LogP contribution >= 0.6 is 39.1 Å². The molecule has 2 amide bonds. The Bertz CT molecular complexity index is 771. The number of nitrogens with zero attached hydrogens (tertiary/aromatic N) is 1. The average molecular weight is 432 g/mol. The van der Waals surface area contributed by atoms with E-state index in [1.807, 2.05) is 0 Å². The first-order valence-corrected chi connectivity index (χ1v) is 8.43. The molecule has 0 aromatic heterocycles. The monoisotopic (exact) mass is 430 g/mol. The summed E-state index contributed by atoms with van der Waals surface area (Å²) in [6.45, 7) is 0.179. The van der Waals surface area contributed by atoms with Crippen LogP contribution in [0.15, 0.2) is 46.9 Å². The highest BCUT2D eigenvalue weighted by atomic mass is 79.9. The maximum Gasteiger partial charge on any atom is 0.404 e. The molecule has 0 bridgehead atoms. The second-order valence-electron chi connectivity index (χ2n) is 4.76. The molecular formula is C16H13BrCl2N2O3. The van der Waals surface area contributed by atoms with Crippen molar-refractivity contribution in [1.82, 2.24) is 5.32 Å². The molecule has 0 radical (unpaired) electrons. The first-order chi connectivity index (χ1) is 11.4. The maximum absolute atomic E-state index is 12.9. The van der Waals surface area contributed by atoms with Crippen molar-refractivity contribution in [2.75, 3.05) is 18.0 Å². The van der Waals surface area contributed by atoms with Crippen molar-refractivity contribution in [2.45, 2.75) is 0 Å². The fraction of sp³-hybridized carbons (Fsp3) is 0.125. The molecular weight excluding hydrogens is 419 g/mol. The van der Waals surface area contributed by atoms with E-state index in [9.17, 15) is 9.59 Å². The van der Waals surface area contributed by atoms with Crippen LogP contribution in [0, 0.1) is 0 Å². The largest absolute Gasteiger partial charge is 0.465 e. The van der Waals surface area contributed by atoms with E-state index in [1.165, 1.54) is 4.90 Å². The summed E-state index contributed by atoms with van der Waals surface area (Å²) in [5.74, 6) is -0.343. The summed E-state index contributed by atoms with van der Waals surface area (Å²) < 4.78 is 0.583. The van der Waals surface area contributed by atoms with E-state index in [0.29, 0.717) is 25.8 Å². The molecule has 0 aliphatic rings. The Kier molecular flexibility index (Phi) is 6.48. The van der Waals surface area contributed by atoms with E-state index in [2.05, 4.69) is 21.2 Å². The number of rotatable bonds is 5. The predicted octanol–water partition coefficient (Wildman–Crippen LogP) is 4.67. The average Bonchev–Trinajstić information content (AvgIpc) is 2.54. The minimum atomic E-state index is -1.16. The summed E-state index contributed by atoms with van der Waals surface area (Å²) in [6.07, 6.45) is -1.16. The van der Waals surface area contributed by atoms with Gasteiger partial charge in [-0.2, -0.15) is 0 Å². The molecule has 0 aliphatic carbocycles. The maximum atomic E-state index is 12.9. The highest BCUT2D eigenvalue weighted by Gasteiger charge is 2.22. The Morgan fingerprint density at radius 2 is 1.88 bits per heavy atom. The normalized spacial score (nSPS) is 10.3. The van der Waals surface area contributed by atoms with Gasteiger partial charge in [-0.25, -0.2) is 4.79 Å². The molecule has 0 heterocycles. The number of carbonyl (C=O) groups excluding carboxylic acids is 1. The zero-order valence-corrected chi connectivity index (χ0v) is 15.4. The van der Waals surface area contributed by atoms with Crippen LogP contribution in [-0.4, -0.2) is 30.2 Å². The molecule has 0 unspecified atom stereocenters. The molecule has 0 spiro atoms. The van der Waals surface area contributed by atoms with Crippen molar-refractivity contribution in [3.63, 3.8) is 0 Å². The lowest BCUT2D eigenvalue weighted by atomic mass is 10.1. The van der Waals surface area contributed by atoms with Crippen LogP contribution in [0.25, 0.3) is 0 Å². The van der Waals surface area contributed by atoms with Crippen LogP contribution < -0.4 is 10.2 Å². The smallest absolute Gasteiger partial charge is 0.404 e. The summed E-state index contributed by atoms with van der Waals surface area (Å²) in [5, 5.41) is 11.8. The highest BCUT2D eigenvalue weighted by Crippen LogP contribution is 2.29. The van der Waals surface area contributed by atoms with Crippen LogP contribution in [0.2, 0.25) is 10.0 Å². The number of benzene rings is 2. The fourth-order valence-electron chi connectivity index (χ4n) is 2.08. The topological polar surface area (TPSA) is 69.6 Å². The molecule has 126 valence electrons. The van der Waals surface area contributed by atoms with Crippen LogP contribution in [0.4, 0.5) is 10.5 Å². The van der Waals surface area contributed by atoms with Gasteiger partial charge in [-0.05, 0) is 46.3 Å². The van der Waals surface area contributed by atoms with Gasteiger partial charge in [0.15, 0.2) is 0 Å². The Morgan fingerprint density at radius 1 is 1.17 bits per heavy atom. The number of amides is 2. The quantitative estimate of drug-likeness (QED) is 0.722. The van der Waals surface area contributed by atoms with Crippen molar-refractivity contribution in [2.24, 2.45) is 0 Å². The molecule has 0 aliphatic heterocycles. The van der Waals surface area contributed by atoms with Crippen LogP contribution in [0.5, 0.6) is 0 Å². The van der Waals surface area contributed by atoms with Crippen LogP contribution in [0.1, 0.15) is 10.4 Å². The summed E-state index contributed by atoms with van der Waals surface area (Å²) in [4.78, 5) is 25.0. The number of hydrogen-bond donors (Lipinski definition) is 2. The summed E-state index contributed by atoms with van der Waals surface area (Å²) in [6, 6.07) is 11.7. The minimum Gasteiger partial charge on any atom is -0.465 e. The number of nitrogens with one attached hydrogen (secondary N) is 1. The third-order valence-electron chi connectivity index (χ3n) is 3.16. The predicted molar refractivity (Wildman–Crippen MR) is 98.3 cm³/mol. The van der Waals surface area contributed by atoms with E-state index in [-0.39, 0.29) is 19.0 Å². The Hall–Kier alpha value is -1.76. The number of anilines is 1. The number of hydrogen-bond acceptors (Lipinski definition) is 2. The summed E-state index contributed by atoms with van der Waals surface area (Å²) >= 11 is 15.5. The second-order valence-corrected chi connectivity index (χ2v) is 6.46. The first kappa shape index (κ1) is 18.6. The Labute approximate surface area is 157 Å². The molecule has 0 atom stereocenters. The third kappa shape index (κ3) is 4.63. The van der Waals surface area contributed by atoms with E-state index in [4.69, 9.17) is 28.3 Å². The standard InChI is InChI=1S/C16H13BrCl2N2O3/c17-12-6-5-10(18)9-11(12)15(22)21(8-7-20-16(23)24)14-4-2-1-3-13(14)19/h1-6,9,20H,7-8H2,(H,23,24). The Morgan fingerprint density at radius 3 is 2.54 bits per heavy atom. The second kappa shape index (κ2) is 8.37. The zero-order chi connectivity index (χ0) is 17.7. The van der Waals surface area contributed by atoms with Gasteiger partial charge >= 0.3 is 6.09 Å². The van der Waals surface area contributed by atoms with Gasteiger partial charge in [0.1, 0.15) is 0 Å². The van der Waals surface area contributed by atoms with Gasteiger partial charge in [0.25, 0.3) is 5.91 Å². The molecule has 2 N–H and O–H groups in total. The van der Waals surface area contributed by atoms with E-state index < -0.39 is 6.09 Å².